The van der Waals surface area contributed by atoms with E-state index in [0.717, 1.165) is 24.8 Å². The van der Waals surface area contributed by atoms with Gasteiger partial charge in [-0.15, -0.1) is 0 Å². The summed E-state index contributed by atoms with van der Waals surface area (Å²) in [7, 11) is 1.72. The summed E-state index contributed by atoms with van der Waals surface area (Å²) in [5, 5.41) is 108. The lowest BCUT2D eigenvalue weighted by atomic mass is 9.33. The third-order valence-electron chi connectivity index (χ3n) is 19.4. The van der Waals surface area contributed by atoms with Crippen molar-refractivity contribution in [2.24, 2.45) is 50.2 Å². The topological polar surface area (TPSA) is 301 Å². The first-order chi connectivity index (χ1) is 31.6. The number of Topliss-reactive ketones (excluding diaryl/α,β-unsaturated/α-hetero) is 1. The number of hydrogen-bond donors (Lipinski definition) is 10. The number of carbonyl (C=O) groups excluding carboxylic acids is 2. The first-order valence-corrected chi connectivity index (χ1v) is 24.6. The molecule has 0 radical (unpaired) electrons. The van der Waals surface area contributed by atoms with Crippen molar-refractivity contribution in [3.05, 3.63) is 11.6 Å². The quantitative estimate of drug-likeness (QED) is 0.107. The molecule has 68 heavy (non-hydrogen) atoms. The van der Waals surface area contributed by atoms with Crippen molar-refractivity contribution in [3.63, 3.8) is 0 Å². The van der Waals surface area contributed by atoms with Gasteiger partial charge in [0.1, 0.15) is 72.9 Å². The number of hydrogen-bond acceptors (Lipinski definition) is 19. The van der Waals surface area contributed by atoms with Crippen LogP contribution in [-0.2, 0) is 42.7 Å². The predicted octanol–water partition coefficient (Wildman–Crippen LogP) is -0.0280. The van der Waals surface area contributed by atoms with Crippen LogP contribution >= 0.6 is 0 Å². The van der Waals surface area contributed by atoms with Crippen LogP contribution in [0.3, 0.4) is 0 Å². The molecule has 5 aliphatic carbocycles. The average molecular weight is 971 g/mol. The van der Waals surface area contributed by atoms with Gasteiger partial charge in [-0.25, -0.2) is 0 Å². The SMILES string of the molecule is CO[C@@H]1C=C2[C@H]3CC(C)(C)[C@H](O)C[C@]3(C(=O)O[C@@H]3O[C@H](CO[C@@H]4O[C@H](CO)[C@@H](O[C@@H]5O[C@@H](C)[C@H](O)[C@@H](O)[C@H]5O)[C@H](O)[C@H]4O)[C@@H](O)[C@H](O)[C@H]3O)CC[C@@]2(C)[C@]2(C)CC[C@H]3C(C)(C)C(=O)CC[C@]3(C)[C@@H]12. The van der Waals surface area contributed by atoms with Crippen molar-refractivity contribution in [2.75, 3.05) is 20.3 Å². The number of aliphatic hydroxyl groups excluding tert-OH is 10. The molecule has 7 fully saturated rings. The van der Waals surface area contributed by atoms with Crippen molar-refractivity contribution in [3.8, 4) is 0 Å². The Balaban J connectivity index is 1.01. The number of carbonyl (C=O) groups is 2. The van der Waals surface area contributed by atoms with E-state index < -0.39 is 145 Å². The summed E-state index contributed by atoms with van der Waals surface area (Å²) in [6.07, 6.45) is -19.3. The molecule has 8 aliphatic rings. The third kappa shape index (κ3) is 8.00. The molecule has 0 unspecified atom stereocenters. The summed E-state index contributed by atoms with van der Waals surface area (Å²) in [5.41, 5.74) is -2.19. The summed E-state index contributed by atoms with van der Waals surface area (Å²) in [6.45, 7) is 15.1. The lowest BCUT2D eigenvalue weighted by Gasteiger charge is -2.71. The zero-order chi connectivity index (χ0) is 50.0. The number of aliphatic hydroxyl groups is 10. The lowest BCUT2D eigenvalue weighted by molar-refractivity contribution is -0.361. The Bertz CT molecular complexity index is 1910. The Morgan fingerprint density at radius 3 is 2.03 bits per heavy atom. The standard InChI is InChI=1S/C49H78O19/c1-21-30(53)32(55)35(58)41(64-21)67-38-25(19-50)65-40(37(60)34(38)57)63-20-26-31(54)33(56)36(59)42(66-26)68-43(61)49-15-14-47(7)22(23(49)17-44(2,3)29(52)18-49)16-24(62-9)39-46(6)12-11-28(51)45(4,5)27(46)10-13-48(39,47)8/h16,21,23-27,29-42,50,52-60H,10-15,17-20H2,1-9H3/t21-,23+,24+,25+,26+,27-,29+,30-,31+,32+,33-,34+,35+,36+,37+,38+,39+,40+,41-,42-,46-,47+,48+,49+/m0/s1. The van der Waals surface area contributed by atoms with Crippen LogP contribution in [-0.4, -0.2) is 187 Å². The Kier molecular flexibility index (Phi) is 14.2. The van der Waals surface area contributed by atoms with Crippen molar-refractivity contribution >= 4 is 11.8 Å². The van der Waals surface area contributed by atoms with Crippen LogP contribution in [0.5, 0.6) is 0 Å². The molecule has 0 bridgehead atoms. The van der Waals surface area contributed by atoms with Crippen LogP contribution in [0.4, 0.5) is 0 Å². The van der Waals surface area contributed by atoms with E-state index in [4.69, 9.17) is 33.2 Å². The van der Waals surface area contributed by atoms with Gasteiger partial charge in [0, 0.05) is 24.9 Å². The van der Waals surface area contributed by atoms with Gasteiger partial charge in [-0.2, -0.15) is 0 Å². The molecule has 0 aromatic rings. The third-order valence-corrected chi connectivity index (χ3v) is 19.4. The first-order valence-electron chi connectivity index (χ1n) is 24.6. The van der Waals surface area contributed by atoms with Gasteiger partial charge >= 0.3 is 5.97 Å². The van der Waals surface area contributed by atoms with E-state index in [1.807, 2.05) is 13.8 Å². The molecular formula is C49H78O19. The molecule has 24 atom stereocenters. The summed E-state index contributed by atoms with van der Waals surface area (Å²) in [4.78, 5) is 28.5. The Labute approximate surface area is 398 Å². The van der Waals surface area contributed by atoms with Gasteiger partial charge in [0.15, 0.2) is 12.6 Å². The van der Waals surface area contributed by atoms with Gasteiger partial charge in [-0.3, -0.25) is 9.59 Å². The zero-order valence-corrected chi connectivity index (χ0v) is 40.8. The molecule has 0 amide bonds. The van der Waals surface area contributed by atoms with Gasteiger partial charge in [0.25, 0.3) is 0 Å². The molecule has 3 heterocycles. The number of methoxy groups -OCH3 is 1. The largest absolute Gasteiger partial charge is 0.432 e. The smallest absolute Gasteiger partial charge is 0.315 e. The normalized spacial score (nSPS) is 53.2. The molecule has 0 aromatic heterocycles. The van der Waals surface area contributed by atoms with Crippen LogP contribution in [0.25, 0.3) is 0 Å². The van der Waals surface area contributed by atoms with Crippen molar-refractivity contribution < 1.29 is 93.8 Å². The predicted molar refractivity (Wildman–Crippen MR) is 235 cm³/mol. The highest BCUT2D eigenvalue weighted by Crippen LogP contribution is 2.76. The second-order valence-electron chi connectivity index (χ2n) is 23.7. The first kappa shape index (κ1) is 52.6. The number of esters is 1. The number of ketones is 1. The molecule has 19 heteroatoms. The van der Waals surface area contributed by atoms with Crippen molar-refractivity contribution in [2.45, 2.75) is 211 Å². The van der Waals surface area contributed by atoms with Gasteiger partial charge in [-0.05, 0) is 85.4 Å². The monoisotopic (exact) mass is 971 g/mol. The molecule has 10 N–H and O–H groups in total. The summed E-state index contributed by atoms with van der Waals surface area (Å²) >= 11 is 0. The van der Waals surface area contributed by atoms with E-state index in [0.29, 0.717) is 31.5 Å². The highest BCUT2D eigenvalue weighted by molar-refractivity contribution is 5.85. The zero-order valence-electron chi connectivity index (χ0n) is 40.8. The minimum Gasteiger partial charge on any atom is -0.432 e. The van der Waals surface area contributed by atoms with E-state index in [-0.39, 0.29) is 35.2 Å². The van der Waals surface area contributed by atoms with Gasteiger partial charge in [-0.1, -0.05) is 60.1 Å². The number of allylic oxidation sites excluding steroid dienone is 1. The fraction of sp³-hybridized carbons (Fsp3) is 0.918. The van der Waals surface area contributed by atoms with E-state index >= 15 is 4.79 Å². The molecule has 0 aromatic carbocycles. The molecule has 388 valence electrons. The molecule has 19 nitrogen and oxygen atoms in total. The summed E-state index contributed by atoms with van der Waals surface area (Å²) < 4.78 is 41.1. The van der Waals surface area contributed by atoms with Crippen LogP contribution in [0.2, 0.25) is 0 Å². The van der Waals surface area contributed by atoms with Gasteiger partial charge < -0.3 is 84.2 Å². The Morgan fingerprint density at radius 2 is 1.37 bits per heavy atom. The molecule has 3 aliphatic heterocycles. The van der Waals surface area contributed by atoms with Crippen molar-refractivity contribution in [1.82, 2.24) is 0 Å². The average Bonchev–Trinajstić information content (AvgIpc) is 3.28. The molecule has 8 rings (SSSR count). The fourth-order valence-electron chi connectivity index (χ4n) is 14.9. The van der Waals surface area contributed by atoms with Gasteiger partial charge in [0.05, 0.1) is 36.9 Å². The number of fused-ring (bicyclic) bond motifs is 7. The fourth-order valence-corrected chi connectivity index (χ4v) is 14.9. The minimum absolute atomic E-state index is 0.0503. The maximum absolute atomic E-state index is 15.1. The number of rotatable bonds is 9. The van der Waals surface area contributed by atoms with Crippen LogP contribution in [0.15, 0.2) is 11.6 Å². The van der Waals surface area contributed by atoms with Crippen molar-refractivity contribution in [1.29, 1.82) is 0 Å². The minimum atomic E-state index is -1.91. The second kappa shape index (κ2) is 18.3. The lowest BCUT2D eigenvalue weighted by Crippen LogP contribution is -2.68. The maximum atomic E-state index is 15.1. The van der Waals surface area contributed by atoms with Crippen LogP contribution in [0, 0.1) is 50.2 Å². The highest BCUT2D eigenvalue weighted by Gasteiger charge is 2.72. The van der Waals surface area contributed by atoms with E-state index in [1.54, 1.807) is 7.11 Å². The Morgan fingerprint density at radius 1 is 0.735 bits per heavy atom. The van der Waals surface area contributed by atoms with E-state index in [9.17, 15) is 55.9 Å². The van der Waals surface area contributed by atoms with Crippen LogP contribution in [0.1, 0.15) is 107 Å². The highest BCUT2D eigenvalue weighted by atomic mass is 16.8. The molecule has 0 spiro atoms. The molecular weight excluding hydrogens is 893 g/mol. The van der Waals surface area contributed by atoms with Crippen LogP contribution < -0.4 is 0 Å². The summed E-state index contributed by atoms with van der Waals surface area (Å²) in [6, 6.07) is 0. The maximum Gasteiger partial charge on any atom is 0.315 e. The summed E-state index contributed by atoms with van der Waals surface area (Å²) in [5.74, 6) is -0.624. The Hall–Kier alpha value is -1.76. The molecule has 3 saturated heterocycles. The van der Waals surface area contributed by atoms with E-state index in [2.05, 4.69) is 40.7 Å². The number of ether oxygens (including phenoxy) is 7. The second-order valence-corrected chi connectivity index (χ2v) is 23.7. The molecule has 4 saturated carbocycles. The van der Waals surface area contributed by atoms with Gasteiger partial charge in [0.2, 0.25) is 6.29 Å². The van der Waals surface area contributed by atoms with E-state index in [1.165, 1.54) is 6.92 Å².